The van der Waals surface area contributed by atoms with Crippen molar-refractivity contribution >= 4 is 18.4 Å². The van der Waals surface area contributed by atoms with Gasteiger partial charge in [0, 0.05) is 0 Å². The van der Waals surface area contributed by atoms with E-state index in [1.807, 2.05) is 13.8 Å². The Morgan fingerprint density at radius 2 is 2.29 bits per heavy atom. The highest BCUT2D eigenvalue weighted by atomic mass is 35.5. The Morgan fingerprint density at radius 1 is 1.57 bits per heavy atom. The number of esters is 1. The van der Waals surface area contributed by atoms with E-state index < -0.39 is 0 Å². The number of halogens is 1. The third-order valence-electron chi connectivity index (χ3n) is 2.49. The van der Waals surface area contributed by atoms with Crippen LogP contribution in [0.3, 0.4) is 0 Å². The summed E-state index contributed by atoms with van der Waals surface area (Å²) in [6, 6.07) is -0.0530. The van der Waals surface area contributed by atoms with Gasteiger partial charge in [0.2, 0.25) is 0 Å². The minimum atomic E-state index is -0.0750. The average Bonchev–Trinajstić information content (AvgIpc) is 2.19. The number of hydrogen-bond acceptors (Lipinski definition) is 3. The summed E-state index contributed by atoms with van der Waals surface area (Å²) in [6.45, 7) is 4.90. The molecule has 2 atom stereocenters. The maximum absolute atomic E-state index is 11.5. The second kappa shape index (κ2) is 7.07. The molecule has 1 aliphatic heterocycles. The summed E-state index contributed by atoms with van der Waals surface area (Å²) < 4.78 is 5.24. The third kappa shape index (κ3) is 4.29. The summed E-state index contributed by atoms with van der Waals surface area (Å²) in [5.74, 6) is -0.0750. The fraction of sp³-hybridized carbons (Fsp3) is 0.900. The van der Waals surface area contributed by atoms with E-state index in [-0.39, 0.29) is 30.5 Å². The van der Waals surface area contributed by atoms with E-state index in [1.165, 1.54) is 6.42 Å². The molecule has 0 amide bonds. The highest BCUT2D eigenvalue weighted by Crippen LogP contribution is 2.09. The molecule has 1 N–H and O–H groups in total. The lowest BCUT2D eigenvalue weighted by Gasteiger charge is -2.23. The molecule has 0 bridgehead atoms. The van der Waals surface area contributed by atoms with Gasteiger partial charge in [-0.25, -0.2) is 0 Å². The van der Waals surface area contributed by atoms with Crippen LogP contribution in [0.1, 0.15) is 39.5 Å². The molecule has 84 valence electrons. The molecule has 0 aliphatic carbocycles. The van der Waals surface area contributed by atoms with Gasteiger partial charge in [0.15, 0.2) is 0 Å². The lowest BCUT2D eigenvalue weighted by atomic mass is 10.1. The van der Waals surface area contributed by atoms with Crippen molar-refractivity contribution in [2.45, 2.75) is 51.7 Å². The molecular weight excluding hydrogens is 202 g/mol. The van der Waals surface area contributed by atoms with Gasteiger partial charge in [-0.1, -0.05) is 13.3 Å². The molecule has 14 heavy (non-hydrogen) atoms. The van der Waals surface area contributed by atoms with Crippen LogP contribution in [-0.2, 0) is 9.53 Å². The Balaban J connectivity index is 0.00000169. The van der Waals surface area contributed by atoms with Gasteiger partial charge in [-0.2, -0.15) is 0 Å². The van der Waals surface area contributed by atoms with E-state index in [2.05, 4.69) is 5.32 Å². The second-order valence-electron chi connectivity index (χ2n) is 3.66. The molecule has 1 heterocycles. The first-order valence-electron chi connectivity index (χ1n) is 5.18. The fourth-order valence-electron chi connectivity index (χ4n) is 1.42. The van der Waals surface area contributed by atoms with E-state index in [0.717, 1.165) is 25.8 Å². The lowest BCUT2D eigenvalue weighted by Crippen LogP contribution is -2.42. The van der Waals surface area contributed by atoms with E-state index in [4.69, 9.17) is 4.74 Å². The van der Waals surface area contributed by atoms with Gasteiger partial charge in [-0.05, 0) is 32.7 Å². The topological polar surface area (TPSA) is 38.3 Å². The minimum absolute atomic E-state index is 0. The monoisotopic (exact) mass is 221 g/mol. The van der Waals surface area contributed by atoms with Gasteiger partial charge >= 0.3 is 5.97 Å². The molecule has 1 fully saturated rings. The van der Waals surface area contributed by atoms with E-state index in [9.17, 15) is 4.79 Å². The summed E-state index contributed by atoms with van der Waals surface area (Å²) in [7, 11) is 0. The van der Waals surface area contributed by atoms with Crippen LogP contribution in [-0.4, -0.2) is 24.7 Å². The summed E-state index contributed by atoms with van der Waals surface area (Å²) in [4.78, 5) is 11.5. The fourth-order valence-corrected chi connectivity index (χ4v) is 1.42. The zero-order valence-electron chi connectivity index (χ0n) is 8.91. The van der Waals surface area contributed by atoms with Crippen LogP contribution in [0.25, 0.3) is 0 Å². The number of piperidine rings is 1. The number of carbonyl (C=O) groups excluding carboxylic acids is 1. The number of hydrogen-bond donors (Lipinski definition) is 1. The van der Waals surface area contributed by atoms with Crippen molar-refractivity contribution in [2.24, 2.45) is 0 Å². The molecule has 1 rings (SSSR count). The average molecular weight is 222 g/mol. The zero-order valence-corrected chi connectivity index (χ0v) is 9.73. The Labute approximate surface area is 92.0 Å². The van der Waals surface area contributed by atoms with Crippen molar-refractivity contribution in [3.8, 4) is 0 Å². The molecule has 1 saturated heterocycles. The predicted molar refractivity (Wildman–Crippen MR) is 58.7 cm³/mol. The summed E-state index contributed by atoms with van der Waals surface area (Å²) >= 11 is 0. The van der Waals surface area contributed by atoms with Crippen LogP contribution in [0.5, 0.6) is 0 Å². The number of nitrogens with one attached hydrogen (secondary N) is 1. The molecule has 1 aliphatic rings. The molecule has 0 aromatic carbocycles. The van der Waals surface area contributed by atoms with Gasteiger partial charge in [-0.3, -0.25) is 4.79 Å². The van der Waals surface area contributed by atoms with Gasteiger partial charge in [0.25, 0.3) is 0 Å². The normalized spacial score (nSPS) is 23.4. The largest absolute Gasteiger partial charge is 0.462 e. The Hall–Kier alpha value is -0.280. The Bertz CT molecular complexity index is 170. The Kier molecular flexibility index (Phi) is 6.93. The molecule has 4 heteroatoms. The molecule has 0 saturated carbocycles. The van der Waals surface area contributed by atoms with E-state index >= 15 is 0 Å². The maximum Gasteiger partial charge on any atom is 0.323 e. The predicted octanol–water partition coefficient (Wildman–Crippen LogP) is 1.89. The van der Waals surface area contributed by atoms with Crippen molar-refractivity contribution in [2.75, 3.05) is 6.54 Å². The molecule has 0 spiro atoms. The smallest absolute Gasteiger partial charge is 0.323 e. The number of rotatable bonds is 3. The lowest BCUT2D eigenvalue weighted by molar-refractivity contribution is -0.151. The standard InChI is InChI=1S/C10H19NO2.ClH/c1-3-8(2)13-10(12)9-6-4-5-7-11-9;/h8-9,11H,3-7H2,1-2H3;1H/t8?,9-;/m0./s1. The van der Waals surface area contributed by atoms with Gasteiger partial charge < -0.3 is 10.1 Å². The molecule has 3 nitrogen and oxygen atoms in total. The van der Waals surface area contributed by atoms with E-state index in [0.29, 0.717) is 0 Å². The first-order chi connectivity index (χ1) is 6.24. The summed E-state index contributed by atoms with van der Waals surface area (Å²) in [5.41, 5.74) is 0. The van der Waals surface area contributed by atoms with Crippen LogP contribution in [0.15, 0.2) is 0 Å². The molecule has 0 aromatic rings. The first-order valence-corrected chi connectivity index (χ1v) is 5.18. The highest BCUT2D eigenvalue weighted by molar-refractivity contribution is 5.85. The summed E-state index contributed by atoms with van der Waals surface area (Å²) in [5, 5.41) is 3.17. The summed E-state index contributed by atoms with van der Waals surface area (Å²) in [6.07, 6.45) is 4.17. The quantitative estimate of drug-likeness (QED) is 0.740. The molecule has 0 radical (unpaired) electrons. The zero-order chi connectivity index (χ0) is 9.68. The Morgan fingerprint density at radius 3 is 2.79 bits per heavy atom. The van der Waals surface area contributed by atoms with Gasteiger partial charge in [0.1, 0.15) is 6.04 Å². The van der Waals surface area contributed by atoms with Crippen molar-refractivity contribution in [3.05, 3.63) is 0 Å². The SMILES string of the molecule is CCC(C)OC(=O)[C@@H]1CCCCN1.Cl. The second-order valence-corrected chi connectivity index (χ2v) is 3.66. The minimum Gasteiger partial charge on any atom is -0.462 e. The third-order valence-corrected chi connectivity index (χ3v) is 2.49. The maximum atomic E-state index is 11.5. The van der Waals surface area contributed by atoms with E-state index in [1.54, 1.807) is 0 Å². The number of ether oxygens (including phenoxy) is 1. The highest BCUT2D eigenvalue weighted by Gasteiger charge is 2.22. The van der Waals surface area contributed by atoms with Crippen LogP contribution < -0.4 is 5.32 Å². The van der Waals surface area contributed by atoms with Crippen molar-refractivity contribution in [1.29, 1.82) is 0 Å². The van der Waals surface area contributed by atoms with Crippen LogP contribution in [0, 0.1) is 0 Å². The van der Waals surface area contributed by atoms with Gasteiger partial charge in [-0.15, -0.1) is 12.4 Å². The van der Waals surface area contributed by atoms with Crippen LogP contribution in [0.2, 0.25) is 0 Å². The first kappa shape index (κ1) is 13.7. The van der Waals surface area contributed by atoms with Crippen molar-refractivity contribution in [3.63, 3.8) is 0 Å². The molecule has 1 unspecified atom stereocenters. The van der Waals surface area contributed by atoms with Crippen LogP contribution >= 0.6 is 12.4 Å². The van der Waals surface area contributed by atoms with Crippen LogP contribution in [0.4, 0.5) is 0 Å². The van der Waals surface area contributed by atoms with Crippen molar-refractivity contribution in [1.82, 2.24) is 5.32 Å². The van der Waals surface area contributed by atoms with Crippen molar-refractivity contribution < 1.29 is 9.53 Å². The number of carbonyl (C=O) groups is 1. The molecule has 0 aromatic heterocycles. The molecular formula is C10H20ClNO2. The van der Waals surface area contributed by atoms with Gasteiger partial charge in [0.05, 0.1) is 6.10 Å².